The SMILES string of the molecule is CNc1ccc(C(CC(=O)O)c2ccc(C)c(CN3Cc4ccc(C#N)cc4OC(C)(C)C3)c2)c(C)c1NC. The second-order valence-electron chi connectivity index (χ2n) is 11.0. The van der Waals surface area contributed by atoms with Crippen LogP contribution in [0.5, 0.6) is 5.75 Å². The number of ether oxygens (including phenoxy) is 1. The first-order valence-electron chi connectivity index (χ1n) is 13.3. The van der Waals surface area contributed by atoms with Gasteiger partial charge in [0.05, 0.1) is 29.4 Å². The standard InChI is InChI=1S/C32H38N4O3/c1-20-7-9-23(27(15-30(37)38)26-11-12-28(34-5)31(35-6)21(26)2)14-25(20)18-36-17-24-10-8-22(16-33)13-29(24)39-32(3,4)19-36/h7-14,27,34-35H,15,17-19H2,1-6H3,(H,37,38). The number of nitrogens with zero attached hydrogens (tertiary/aromatic N) is 2. The molecule has 3 aromatic carbocycles. The van der Waals surface area contributed by atoms with E-state index < -0.39 is 11.6 Å². The van der Waals surface area contributed by atoms with Crippen LogP contribution in [0, 0.1) is 25.2 Å². The number of carboxylic acid groups (broad SMARTS) is 1. The fraction of sp³-hybridized carbons (Fsp3) is 0.375. The number of fused-ring (bicyclic) bond motifs is 1. The minimum absolute atomic E-state index is 0.00455. The number of aliphatic carboxylic acids is 1. The van der Waals surface area contributed by atoms with Gasteiger partial charge in [-0.05, 0) is 73.7 Å². The molecule has 204 valence electrons. The number of benzene rings is 3. The lowest BCUT2D eigenvalue weighted by Gasteiger charge is -2.30. The number of anilines is 2. The molecule has 3 N–H and O–H groups in total. The molecule has 0 radical (unpaired) electrons. The summed E-state index contributed by atoms with van der Waals surface area (Å²) in [6, 6.07) is 18.2. The summed E-state index contributed by atoms with van der Waals surface area (Å²) in [4.78, 5) is 14.4. The van der Waals surface area contributed by atoms with Gasteiger partial charge in [0.1, 0.15) is 11.4 Å². The Morgan fingerprint density at radius 1 is 1.13 bits per heavy atom. The highest BCUT2D eigenvalue weighted by Gasteiger charge is 2.30. The van der Waals surface area contributed by atoms with Crippen LogP contribution in [0.1, 0.15) is 65.1 Å². The highest BCUT2D eigenvalue weighted by molar-refractivity contribution is 5.75. The van der Waals surface area contributed by atoms with Crippen LogP contribution in [0.4, 0.5) is 11.4 Å². The maximum Gasteiger partial charge on any atom is 0.304 e. The Kier molecular flexibility index (Phi) is 8.17. The van der Waals surface area contributed by atoms with E-state index in [0.717, 1.165) is 50.5 Å². The van der Waals surface area contributed by atoms with Crippen LogP contribution in [0.25, 0.3) is 0 Å². The number of hydrogen-bond donors (Lipinski definition) is 3. The van der Waals surface area contributed by atoms with Gasteiger partial charge in [0, 0.05) is 45.2 Å². The minimum atomic E-state index is -0.829. The number of rotatable bonds is 8. The quantitative estimate of drug-likeness (QED) is 0.329. The summed E-state index contributed by atoms with van der Waals surface area (Å²) in [6.07, 6.45) is 0.00455. The summed E-state index contributed by atoms with van der Waals surface area (Å²) >= 11 is 0. The lowest BCUT2D eigenvalue weighted by atomic mass is 9.84. The van der Waals surface area contributed by atoms with Crippen LogP contribution < -0.4 is 15.4 Å². The van der Waals surface area contributed by atoms with Crippen molar-refractivity contribution in [1.29, 1.82) is 5.26 Å². The Balaban J connectivity index is 1.71. The fourth-order valence-corrected chi connectivity index (χ4v) is 5.66. The van der Waals surface area contributed by atoms with E-state index in [4.69, 9.17) is 4.74 Å². The molecule has 0 saturated carbocycles. The van der Waals surface area contributed by atoms with Crippen LogP contribution >= 0.6 is 0 Å². The first-order chi connectivity index (χ1) is 18.5. The van der Waals surface area contributed by atoms with Gasteiger partial charge in [-0.3, -0.25) is 9.69 Å². The molecule has 1 aliphatic rings. The minimum Gasteiger partial charge on any atom is -0.486 e. The first kappa shape index (κ1) is 28.0. The number of aryl methyl sites for hydroxylation is 1. The van der Waals surface area contributed by atoms with Crippen LogP contribution in [-0.2, 0) is 17.9 Å². The van der Waals surface area contributed by atoms with E-state index >= 15 is 0 Å². The molecule has 0 spiro atoms. The predicted octanol–water partition coefficient (Wildman–Crippen LogP) is 6.04. The summed E-state index contributed by atoms with van der Waals surface area (Å²) in [6.45, 7) is 10.4. The van der Waals surface area contributed by atoms with Crippen LogP contribution in [0.15, 0.2) is 48.5 Å². The van der Waals surface area contributed by atoms with Gasteiger partial charge < -0.3 is 20.5 Å². The number of nitriles is 1. The van der Waals surface area contributed by atoms with E-state index in [1.54, 1.807) is 0 Å². The Morgan fingerprint density at radius 3 is 2.56 bits per heavy atom. The molecule has 0 aromatic heterocycles. The smallest absolute Gasteiger partial charge is 0.304 e. The molecule has 0 aliphatic carbocycles. The van der Waals surface area contributed by atoms with Crippen molar-refractivity contribution in [3.05, 3.63) is 87.5 Å². The molecule has 0 saturated heterocycles. The maximum absolute atomic E-state index is 12.0. The van der Waals surface area contributed by atoms with E-state index in [9.17, 15) is 15.2 Å². The van der Waals surface area contributed by atoms with Gasteiger partial charge in [0.25, 0.3) is 0 Å². The highest BCUT2D eigenvalue weighted by atomic mass is 16.5. The number of carboxylic acids is 1. The van der Waals surface area contributed by atoms with Gasteiger partial charge in [0.15, 0.2) is 0 Å². The summed E-state index contributed by atoms with van der Waals surface area (Å²) in [5.74, 6) is -0.353. The average Bonchev–Trinajstić information content (AvgIpc) is 3.01. The van der Waals surface area contributed by atoms with Crippen LogP contribution in [-0.4, -0.2) is 42.2 Å². The molecule has 7 heteroatoms. The van der Waals surface area contributed by atoms with E-state index in [1.165, 1.54) is 0 Å². The fourth-order valence-electron chi connectivity index (χ4n) is 5.66. The van der Waals surface area contributed by atoms with Crippen molar-refractivity contribution in [3.63, 3.8) is 0 Å². The topological polar surface area (TPSA) is 97.6 Å². The maximum atomic E-state index is 12.0. The molecular formula is C32H38N4O3. The van der Waals surface area contributed by atoms with Crippen molar-refractivity contribution >= 4 is 17.3 Å². The predicted molar refractivity (Wildman–Crippen MR) is 156 cm³/mol. The number of nitrogens with one attached hydrogen (secondary N) is 2. The number of carbonyl (C=O) groups is 1. The van der Waals surface area contributed by atoms with Crippen molar-refractivity contribution in [3.8, 4) is 11.8 Å². The Morgan fingerprint density at radius 2 is 1.90 bits per heavy atom. The van der Waals surface area contributed by atoms with Crippen molar-refractivity contribution in [2.45, 2.75) is 58.7 Å². The molecule has 39 heavy (non-hydrogen) atoms. The normalized spacial score (nSPS) is 15.3. The van der Waals surface area contributed by atoms with E-state index in [0.29, 0.717) is 25.2 Å². The third-order valence-corrected chi connectivity index (χ3v) is 7.53. The third kappa shape index (κ3) is 6.18. The third-order valence-electron chi connectivity index (χ3n) is 7.53. The summed E-state index contributed by atoms with van der Waals surface area (Å²) in [5.41, 5.74) is 8.51. The van der Waals surface area contributed by atoms with Crippen molar-refractivity contribution in [2.75, 3.05) is 31.3 Å². The number of hydrogen-bond acceptors (Lipinski definition) is 6. The zero-order chi connectivity index (χ0) is 28.3. The van der Waals surface area contributed by atoms with Gasteiger partial charge in [-0.1, -0.05) is 30.3 Å². The second-order valence-corrected chi connectivity index (χ2v) is 11.0. The summed E-state index contributed by atoms with van der Waals surface area (Å²) < 4.78 is 6.33. The summed E-state index contributed by atoms with van der Waals surface area (Å²) in [5, 5.41) is 25.7. The zero-order valence-corrected chi connectivity index (χ0v) is 23.7. The zero-order valence-electron chi connectivity index (χ0n) is 23.7. The summed E-state index contributed by atoms with van der Waals surface area (Å²) in [7, 11) is 3.76. The molecule has 0 bridgehead atoms. The van der Waals surface area contributed by atoms with E-state index in [2.05, 4.69) is 60.6 Å². The Bertz CT molecular complexity index is 1420. The molecular weight excluding hydrogens is 488 g/mol. The highest BCUT2D eigenvalue weighted by Crippen LogP contribution is 2.38. The average molecular weight is 527 g/mol. The van der Waals surface area contributed by atoms with Crippen LogP contribution in [0.3, 0.4) is 0 Å². The molecule has 1 aliphatic heterocycles. The Hall–Kier alpha value is -4.02. The van der Waals surface area contributed by atoms with Gasteiger partial charge in [-0.15, -0.1) is 0 Å². The van der Waals surface area contributed by atoms with Crippen molar-refractivity contribution in [2.24, 2.45) is 0 Å². The molecule has 1 unspecified atom stereocenters. The molecule has 3 aromatic rings. The van der Waals surface area contributed by atoms with E-state index in [1.807, 2.05) is 51.4 Å². The van der Waals surface area contributed by atoms with Gasteiger partial charge in [0.2, 0.25) is 0 Å². The molecule has 7 nitrogen and oxygen atoms in total. The first-order valence-corrected chi connectivity index (χ1v) is 13.3. The van der Waals surface area contributed by atoms with Crippen LogP contribution in [0.2, 0.25) is 0 Å². The van der Waals surface area contributed by atoms with E-state index in [-0.39, 0.29) is 12.3 Å². The van der Waals surface area contributed by atoms with Gasteiger partial charge >= 0.3 is 5.97 Å². The lowest BCUT2D eigenvalue weighted by Crippen LogP contribution is -2.40. The molecule has 4 rings (SSSR count). The molecule has 1 heterocycles. The molecule has 1 atom stereocenters. The van der Waals surface area contributed by atoms with Gasteiger partial charge in [-0.2, -0.15) is 5.26 Å². The molecule has 0 amide bonds. The molecule has 0 fully saturated rings. The lowest BCUT2D eigenvalue weighted by molar-refractivity contribution is -0.137. The van der Waals surface area contributed by atoms with Gasteiger partial charge in [-0.25, -0.2) is 0 Å². The van der Waals surface area contributed by atoms with Crippen molar-refractivity contribution < 1.29 is 14.6 Å². The largest absolute Gasteiger partial charge is 0.486 e. The Labute approximate surface area is 231 Å². The van der Waals surface area contributed by atoms with Crippen molar-refractivity contribution in [1.82, 2.24) is 4.90 Å². The second kappa shape index (κ2) is 11.4. The monoisotopic (exact) mass is 526 g/mol.